The molecule has 0 spiro atoms. The molecule has 0 saturated heterocycles. The van der Waals surface area contributed by atoms with Crippen LogP contribution in [-0.2, 0) is 12.1 Å². The van der Waals surface area contributed by atoms with Crippen LogP contribution < -0.4 is 15.4 Å². The van der Waals surface area contributed by atoms with Gasteiger partial charge in [-0.2, -0.15) is 0 Å². The molecule has 1 atom stereocenters. The van der Waals surface area contributed by atoms with Crippen LogP contribution in [0.5, 0.6) is 5.75 Å². The molecule has 0 aliphatic carbocycles. The average molecular weight is 373 g/mol. The van der Waals surface area contributed by atoms with Crippen LogP contribution in [0.4, 0.5) is 0 Å². The Morgan fingerprint density at radius 2 is 1.89 bits per heavy atom. The van der Waals surface area contributed by atoms with E-state index in [0.29, 0.717) is 18.3 Å². The van der Waals surface area contributed by atoms with E-state index < -0.39 is 5.60 Å². The monoisotopic (exact) mass is 373 g/mol. The number of hydrogen-bond acceptors (Lipinski definition) is 4. The van der Waals surface area contributed by atoms with E-state index in [1.807, 2.05) is 58.0 Å². The van der Waals surface area contributed by atoms with Crippen molar-refractivity contribution in [3.63, 3.8) is 0 Å². The lowest BCUT2D eigenvalue weighted by Gasteiger charge is -2.22. The van der Waals surface area contributed by atoms with E-state index >= 15 is 0 Å². The lowest BCUT2D eigenvalue weighted by molar-refractivity contribution is 0.0378. The van der Waals surface area contributed by atoms with E-state index in [4.69, 9.17) is 9.15 Å². The third kappa shape index (κ3) is 6.64. The lowest BCUT2D eigenvalue weighted by Crippen LogP contribution is -2.44. The van der Waals surface area contributed by atoms with Crippen LogP contribution in [0.3, 0.4) is 0 Å². The first kappa shape index (κ1) is 20.8. The molecule has 0 aliphatic heterocycles. The first-order chi connectivity index (χ1) is 12.8. The van der Waals surface area contributed by atoms with Gasteiger partial charge in [0, 0.05) is 6.54 Å². The molecular formula is C21H31N3O3. The van der Waals surface area contributed by atoms with Gasteiger partial charge in [0.15, 0.2) is 5.96 Å². The number of hydrogen-bond donors (Lipinski definition) is 3. The van der Waals surface area contributed by atoms with E-state index in [9.17, 15) is 5.11 Å². The molecule has 1 aromatic carbocycles. The number of guanidine groups is 1. The van der Waals surface area contributed by atoms with Crippen molar-refractivity contribution in [2.45, 2.75) is 52.9 Å². The van der Waals surface area contributed by atoms with Gasteiger partial charge in [-0.15, -0.1) is 0 Å². The van der Waals surface area contributed by atoms with Gasteiger partial charge < -0.3 is 24.9 Å². The Bertz CT molecular complexity index is 733. The zero-order valence-electron chi connectivity index (χ0n) is 16.9. The third-order valence-electron chi connectivity index (χ3n) is 3.93. The molecule has 1 heterocycles. The van der Waals surface area contributed by atoms with Gasteiger partial charge in [0.1, 0.15) is 22.9 Å². The van der Waals surface area contributed by atoms with E-state index in [2.05, 4.69) is 15.6 Å². The van der Waals surface area contributed by atoms with Crippen molar-refractivity contribution in [2.24, 2.45) is 4.99 Å². The maximum Gasteiger partial charge on any atom is 0.191 e. The molecule has 0 saturated carbocycles. The second-order valence-electron chi connectivity index (χ2n) is 7.04. The number of rotatable bonds is 8. The van der Waals surface area contributed by atoms with Crippen molar-refractivity contribution in [1.82, 2.24) is 10.6 Å². The summed E-state index contributed by atoms with van der Waals surface area (Å²) in [7, 11) is 0. The zero-order chi connectivity index (χ0) is 19.9. The maximum absolute atomic E-state index is 10.7. The van der Waals surface area contributed by atoms with Crippen LogP contribution in [0.15, 0.2) is 45.8 Å². The topological polar surface area (TPSA) is 79.0 Å². The van der Waals surface area contributed by atoms with Crippen molar-refractivity contribution in [2.75, 3.05) is 13.1 Å². The maximum atomic E-state index is 10.7. The molecule has 2 rings (SSSR count). The van der Waals surface area contributed by atoms with Crippen molar-refractivity contribution in [1.29, 1.82) is 0 Å². The van der Waals surface area contributed by atoms with Gasteiger partial charge >= 0.3 is 0 Å². The number of aliphatic imine (C=N–C) groups is 1. The Labute approximate surface area is 161 Å². The van der Waals surface area contributed by atoms with Crippen molar-refractivity contribution in [3.8, 4) is 5.75 Å². The summed E-state index contributed by atoms with van der Waals surface area (Å²) < 4.78 is 11.2. The number of ether oxygens (including phenoxy) is 1. The fourth-order valence-electron chi connectivity index (χ4n) is 2.52. The highest BCUT2D eigenvalue weighted by atomic mass is 16.5. The summed E-state index contributed by atoms with van der Waals surface area (Å²) in [4.78, 5) is 4.59. The summed E-state index contributed by atoms with van der Waals surface area (Å²) >= 11 is 0. The fraction of sp³-hybridized carbons (Fsp3) is 0.476. The third-order valence-corrected chi connectivity index (χ3v) is 3.93. The van der Waals surface area contributed by atoms with Crippen LogP contribution in [-0.4, -0.2) is 30.3 Å². The normalized spacial score (nSPS) is 14.1. The summed E-state index contributed by atoms with van der Waals surface area (Å²) in [5.74, 6) is 2.80. The van der Waals surface area contributed by atoms with Gasteiger partial charge in [-0.1, -0.05) is 12.1 Å². The van der Waals surface area contributed by atoms with Crippen molar-refractivity contribution in [3.05, 3.63) is 53.5 Å². The Morgan fingerprint density at radius 3 is 2.44 bits per heavy atom. The molecule has 6 nitrogen and oxygen atoms in total. The predicted octanol–water partition coefficient (Wildman–Crippen LogP) is 3.34. The highest BCUT2D eigenvalue weighted by Gasteiger charge is 2.27. The van der Waals surface area contributed by atoms with Crippen LogP contribution in [0.2, 0.25) is 0 Å². The highest BCUT2D eigenvalue weighted by Crippen LogP contribution is 2.22. The number of nitrogens with one attached hydrogen (secondary N) is 2. The number of benzene rings is 1. The van der Waals surface area contributed by atoms with E-state index in [0.717, 1.165) is 23.6 Å². The number of nitrogens with zero attached hydrogens (tertiary/aromatic N) is 1. The van der Waals surface area contributed by atoms with Gasteiger partial charge in [-0.25, -0.2) is 4.99 Å². The molecule has 0 amide bonds. The Hall–Kier alpha value is -2.47. The second-order valence-corrected chi connectivity index (χ2v) is 7.04. The molecular weight excluding hydrogens is 342 g/mol. The SMILES string of the molecule is CCNC(=NCc1ccc(OC(C)C)cc1)NCC(C)(O)c1ccc(C)o1. The quantitative estimate of drug-likeness (QED) is 0.489. The average Bonchev–Trinajstić information content (AvgIpc) is 3.06. The van der Waals surface area contributed by atoms with Crippen LogP contribution in [0.25, 0.3) is 0 Å². The highest BCUT2D eigenvalue weighted by molar-refractivity contribution is 5.79. The number of aliphatic hydroxyl groups is 1. The molecule has 148 valence electrons. The second kappa shape index (κ2) is 9.46. The smallest absolute Gasteiger partial charge is 0.191 e. The van der Waals surface area contributed by atoms with Crippen molar-refractivity contribution >= 4 is 5.96 Å². The molecule has 0 radical (unpaired) electrons. The van der Waals surface area contributed by atoms with Crippen LogP contribution in [0, 0.1) is 6.92 Å². The molecule has 2 aromatic rings. The summed E-state index contributed by atoms with van der Waals surface area (Å²) in [6.45, 7) is 11.1. The standard InChI is InChI=1S/C21H31N3O3/c1-6-22-20(24-14-21(5,25)19-12-7-16(4)27-19)23-13-17-8-10-18(11-9-17)26-15(2)3/h7-12,15,25H,6,13-14H2,1-5H3,(H2,22,23,24). The summed E-state index contributed by atoms with van der Waals surface area (Å²) in [6, 6.07) is 11.6. The molecule has 1 aromatic heterocycles. The molecule has 6 heteroatoms. The fourth-order valence-corrected chi connectivity index (χ4v) is 2.52. The first-order valence-electron chi connectivity index (χ1n) is 9.37. The minimum atomic E-state index is -1.12. The molecule has 3 N–H and O–H groups in total. The van der Waals surface area contributed by atoms with Crippen LogP contribution >= 0.6 is 0 Å². The molecule has 0 bridgehead atoms. The van der Waals surface area contributed by atoms with Gasteiger partial charge in [0.05, 0.1) is 19.2 Å². The van der Waals surface area contributed by atoms with Gasteiger partial charge in [-0.05, 0) is 64.4 Å². The zero-order valence-corrected chi connectivity index (χ0v) is 16.9. The number of furan rings is 1. The Morgan fingerprint density at radius 1 is 1.19 bits per heavy atom. The lowest BCUT2D eigenvalue weighted by atomic mass is 10.0. The van der Waals surface area contributed by atoms with E-state index in [-0.39, 0.29) is 12.6 Å². The Kier molecular flexibility index (Phi) is 7.30. The molecule has 0 aliphatic rings. The summed E-state index contributed by atoms with van der Waals surface area (Å²) in [5.41, 5.74) is -0.0444. The van der Waals surface area contributed by atoms with Gasteiger partial charge in [0.25, 0.3) is 0 Å². The molecule has 0 fully saturated rings. The Balaban J connectivity index is 1.97. The van der Waals surface area contributed by atoms with Crippen molar-refractivity contribution < 1.29 is 14.3 Å². The van der Waals surface area contributed by atoms with Gasteiger partial charge in [0.2, 0.25) is 0 Å². The van der Waals surface area contributed by atoms with E-state index in [1.165, 1.54) is 0 Å². The van der Waals surface area contributed by atoms with Gasteiger partial charge in [-0.3, -0.25) is 0 Å². The predicted molar refractivity (Wildman–Crippen MR) is 108 cm³/mol. The van der Waals surface area contributed by atoms with Crippen LogP contribution in [0.1, 0.15) is 44.8 Å². The van der Waals surface area contributed by atoms with E-state index in [1.54, 1.807) is 13.0 Å². The molecule has 27 heavy (non-hydrogen) atoms. The summed E-state index contributed by atoms with van der Waals surface area (Å²) in [5, 5.41) is 17.0. The first-order valence-corrected chi connectivity index (χ1v) is 9.37. The largest absolute Gasteiger partial charge is 0.491 e. The minimum absolute atomic E-state index is 0.157. The summed E-state index contributed by atoms with van der Waals surface area (Å²) in [6.07, 6.45) is 0.157. The minimum Gasteiger partial charge on any atom is -0.491 e. The molecule has 1 unspecified atom stereocenters. The number of aryl methyl sites for hydroxylation is 1.